The zero-order chi connectivity index (χ0) is 15.2. The van der Waals surface area contributed by atoms with Gasteiger partial charge < -0.3 is 4.90 Å². The van der Waals surface area contributed by atoms with Crippen LogP contribution in [0.3, 0.4) is 0 Å². The van der Waals surface area contributed by atoms with Gasteiger partial charge in [0.1, 0.15) is 0 Å². The second kappa shape index (κ2) is 7.68. The van der Waals surface area contributed by atoms with E-state index in [2.05, 4.69) is 62.9 Å². The summed E-state index contributed by atoms with van der Waals surface area (Å²) in [7, 11) is 0. The van der Waals surface area contributed by atoms with Gasteiger partial charge >= 0.3 is 0 Å². The van der Waals surface area contributed by atoms with Gasteiger partial charge in [-0.25, -0.2) is 0 Å². The first-order valence-electron chi connectivity index (χ1n) is 8.58. The normalized spacial score (nSPS) is 16.0. The lowest BCUT2D eigenvalue weighted by atomic mass is 9.93. The van der Waals surface area contributed by atoms with Crippen molar-refractivity contribution in [2.24, 2.45) is 0 Å². The minimum atomic E-state index is 0.611. The molecule has 0 aromatic heterocycles. The fourth-order valence-electron chi connectivity index (χ4n) is 3.19. The number of hydrogen-bond donors (Lipinski definition) is 0. The Hall–Kier alpha value is -1.24. The molecule has 1 aromatic rings. The molecule has 0 saturated heterocycles. The molecule has 0 spiro atoms. The molecule has 1 nitrogen and oxygen atoms in total. The van der Waals surface area contributed by atoms with Gasteiger partial charge in [-0.2, -0.15) is 0 Å². The van der Waals surface area contributed by atoms with Crippen LogP contribution in [0.15, 0.2) is 35.9 Å². The minimum Gasteiger partial charge on any atom is -0.365 e. The first kappa shape index (κ1) is 16.1. The number of benzene rings is 1. The number of hydrogen-bond acceptors (Lipinski definition) is 1. The molecule has 0 radical (unpaired) electrons. The van der Waals surface area contributed by atoms with Gasteiger partial charge in [0.05, 0.1) is 0 Å². The topological polar surface area (TPSA) is 3.24 Å². The van der Waals surface area contributed by atoms with Gasteiger partial charge in [-0.3, -0.25) is 0 Å². The monoisotopic (exact) mass is 285 g/mol. The summed E-state index contributed by atoms with van der Waals surface area (Å²) in [4.78, 5) is 2.62. The maximum absolute atomic E-state index is 2.62. The maximum atomic E-state index is 2.62. The zero-order valence-electron chi connectivity index (χ0n) is 14.2. The fourth-order valence-corrected chi connectivity index (χ4v) is 3.19. The highest BCUT2D eigenvalue weighted by Gasteiger charge is 2.20. The van der Waals surface area contributed by atoms with E-state index in [4.69, 9.17) is 0 Å². The van der Waals surface area contributed by atoms with Gasteiger partial charge in [0.25, 0.3) is 0 Å². The lowest BCUT2D eigenvalue weighted by Gasteiger charge is -2.36. The smallest absolute Gasteiger partial charge is 0.0371 e. The SMILES string of the molecule is CC(C)=CCN(c1ccc(C(C)C)cc1)C1CCCCC1. The Balaban J connectivity index is 2.18. The van der Waals surface area contributed by atoms with Crippen LogP contribution in [0.4, 0.5) is 5.69 Å². The quantitative estimate of drug-likeness (QED) is 0.607. The van der Waals surface area contributed by atoms with Crippen molar-refractivity contribution in [3.8, 4) is 0 Å². The van der Waals surface area contributed by atoms with E-state index in [0.29, 0.717) is 5.92 Å². The summed E-state index contributed by atoms with van der Waals surface area (Å²) in [5.41, 5.74) is 4.24. The van der Waals surface area contributed by atoms with Crippen LogP contribution in [0.25, 0.3) is 0 Å². The molecule has 21 heavy (non-hydrogen) atoms. The van der Waals surface area contributed by atoms with E-state index in [-0.39, 0.29) is 0 Å². The first-order chi connectivity index (χ1) is 10.1. The molecule has 0 heterocycles. The van der Waals surface area contributed by atoms with Crippen molar-refractivity contribution in [1.82, 2.24) is 0 Å². The Morgan fingerprint density at radius 1 is 1.10 bits per heavy atom. The predicted octanol–water partition coefficient (Wildman–Crippen LogP) is 5.92. The van der Waals surface area contributed by atoms with Crippen LogP contribution in [0.2, 0.25) is 0 Å². The molecule has 0 unspecified atom stereocenters. The van der Waals surface area contributed by atoms with Crippen LogP contribution >= 0.6 is 0 Å². The van der Waals surface area contributed by atoms with Crippen molar-refractivity contribution < 1.29 is 0 Å². The second-order valence-corrected chi connectivity index (χ2v) is 6.97. The van der Waals surface area contributed by atoms with Gasteiger partial charge in [-0.1, -0.05) is 56.9 Å². The van der Waals surface area contributed by atoms with E-state index in [0.717, 1.165) is 12.6 Å². The van der Waals surface area contributed by atoms with Crippen LogP contribution in [0.1, 0.15) is 71.3 Å². The van der Waals surface area contributed by atoms with E-state index in [1.165, 1.54) is 48.9 Å². The van der Waals surface area contributed by atoms with Gasteiger partial charge in [0.15, 0.2) is 0 Å². The number of nitrogens with zero attached hydrogens (tertiary/aromatic N) is 1. The number of anilines is 1. The summed E-state index contributed by atoms with van der Waals surface area (Å²) in [6, 6.07) is 9.97. The molecule has 1 aliphatic carbocycles. The third-order valence-electron chi connectivity index (χ3n) is 4.60. The zero-order valence-corrected chi connectivity index (χ0v) is 14.2. The van der Waals surface area contributed by atoms with Gasteiger partial charge in [-0.15, -0.1) is 0 Å². The molecule has 1 aromatic carbocycles. The Bertz CT molecular complexity index is 445. The highest BCUT2D eigenvalue weighted by molar-refractivity contribution is 5.50. The highest BCUT2D eigenvalue weighted by atomic mass is 15.2. The molecule has 1 fully saturated rings. The molecule has 0 atom stereocenters. The Labute approximate surface area is 131 Å². The lowest BCUT2D eigenvalue weighted by molar-refractivity contribution is 0.421. The molecule has 0 aliphatic heterocycles. The molecule has 0 bridgehead atoms. The minimum absolute atomic E-state index is 0.611. The van der Waals surface area contributed by atoms with E-state index < -0.39 is 0 Å². The molecular formula is C20H31N. The van der Waals surface area contributed by atoms with Gasteiger partial charge in [-0.05, 0) is 50.3 Å². The number of allylic oxidation sites excluding steroid dienone is 1. The summed E-state index contributed by atoms with van der Waals surface area (Å²) < 4.78 is 0. The van der Waals surface area contributed by atoms with Crippen molar-refractivity contribution in [2.75, 3.05) is 11.4 Å². The van der Waals surface area contributed by atoms with Crippen LogP contribution in [-0.2, 0) is 0 Å². The van der Waals surface area contributed by atoms with E-state index >= 15 is 0 Å². The van der Waals surface area contributed by atoms with E-state index in [1.54, 1.807) is 0 Å². The largest absolute Gasteiger partial charge is 0.365 e. The number of rotatable bonds is 5. The molecule has 1 aliphatic rings. The molecule has 0 N–H and O–H groups in total. The van der Waals surface area contributed by atoms with Crippen LogP contribution in [0.5, 0.6) is 0 Å². The highest BCUT2D eigenvalue weighted by Crippen LogP contribution is 2.28. The average molecular weight is 285 g/mol. The van der Waals surface area contributed by atoms with Gasteiger partial charge in [0.2, 0.25) is 0 Å². The molecule has 116 valence electrons. The van der Waals surface area contributed by atoms with Gasteiger partial charge in [0, 0.05) is 18.3 Å². The first-order valence-corrected chi connectivity index (χ1v) is 8.58. The molecule has 0 amide bonds. The van der Waals surface area contributed by atoms with Crippen LogP contribution in [-0.4, -0.2) is 12.6 Å². The van der Waals surface area contributed by atoms with Crippen molar-refractivity contribution in [3.05, 3.63) is 41.5 Å². The summed E-state index contributed by atoms with van der Waals surface area (Å²) >= 11 is 0. The third-order valence-corrected chi connectivity index (χ3v) is 4.60. The summed E-state index contributed by atoms with van der Waals surface area (Å²) in [5, 5.41) is 0. The maximum Gasteiger partial charge on any atom is 0.0371 e. The van der Waals surface area contributed by atoms with Crippen molar-refractivity contribution in [3.63, 3.8) is 0 Å². The predicted molar refractivity (Wildman–Crippen MR) is 94.2 cm³/mol. The van der Waals surface area contributed by atoms with Crippen LogP contribution in [0, 0.1) is 0 Å². The fraction of sp³-hybridized carbons (Fsp3) is 0.600. The molecule has 1 heteroatoms. The lowest BCUT2D eigenvalue weighted by Crippen LogP contribution is -2.37. The third kappa shape index (κ3) is 4.62. The van der Waals surface area contributed by atoms with Crippen LogP contribution < -0.4 is 4.90 Å². The Morgan fingerprint density at radius 3 is 2.24 bits per heavy atom. The van der Waals surface area contributed by atoms with Crippen molar-refractivity contribution in [1.29, 1.82) is 0 Å². The summed E-state index contributed by atoms with van der Waals surface area (Å²) in [5.74, 6) is 0.611. The van der Waals surface area contributed by atoms with E-state index in [9.17, 15) is 0 Å². The van der Waals surface area contributed by atoms with Crippen molar-refractivity contribution >= 4 is 5.69 Å². The molecule has 2 rings (SSSR count). The summed E-state index contributed by atoms with van der Waals surface area (Å²) in [6.07, 6.45) is 9.26. The Morgan fingerprint density at radius 2 is 1.71 bits per heavy atom. The Kier molecular flexibility index (Phi) is 5.90. The second-order valence-electron chi connectivity index (χ2n) is 6.97. The van der Waals surface area contributed by atoms with Crippen molar-refractivity contribution in [2.45, 2.75) is 71.8 Å². The van der Waals surface area contributed by atoms with E-state index in [1.807, 2.05) is 0 Å². The molecule has 1 saturated carbocycles. The molecular weight excluding hydrogens is 254 g/mol. The summed E-state index contributed by atoms with van der Waals surface area (Å²) in [6.45, 7) is 9.96. The standard InChI is InChI=1S/C20H31N/c1-16(2)14-15-21(19-8-6-5-7-9-19)20-12-10-18(11-13-20)17(3)4/h10-14,17,19H,5-9,15H2,1-4H3. The average Bonchev–Trinajstić information content (AvgIpc) is 2.49.